The number of nitriles is 1. The average Bonchev–Trinajstić information content (AvgIpc) is 3.26. The number of nitrogen functional groups attached to an aromatic ring is 1. The summed E-state index contributed by atoms with van der Waals surface area (Å²) >= 11 is 0. The molecule has 140 valence electrons. The largest absolute Gasteiger partial charge is 0.398 e. The molecule has 6 heteroatoms. The lowest BCUT2D eigenvalue weighted by atomic mass is 9.95. The lowest BCUT2D eigenvalue weighted by Gasteiger charge is -2.14. The minimum atomic E-state index is -0.159. The first-order chi connectivity index (χ1) is 14.1. The zero-order valence-electron chi connectivity index (χ0n) is 15.6. The number of aromatic nitrogens is 2. The summed E-state index contributed by atoms with van der Waals surface area (Å²) in [6, 6.07) is 15.9. The van der Waals surface area contributed by atoms with Crippen molar-refractivity contribution in [3.63, 3.8) is 0 Å². The predicted molar refractivity (Wildman–Crippen MR) is 113 cm³/mol. The zero-order valence-corrected chi connectivity index (χ0v) is 15.6. The zero-order chi connectivity index (χ0) is 20.1. The molecule has 3 N–H and O–H groups in total. The monoisotopic (exact) mass is 379 g/mol. The van der Waals surface area contributed by atoms with Gasteiger partial charge in [0.05, 0.1) is 18.2 Å². The minimum Gasteiger partial charge on any atom is -0.398 e. The molecule has 2 aromatic carbocycles. The van der Waals surface area contributed by atoms with Crippen molar-refractivity contribution >= 4 is 33.5 Å². The van der Waals surface area contributed by atoms with Gasteiger partial charge in [-0.05, 0) is 47.0 Å². The molecular formula is C23H17N5O. The molecule has 29 heavy (non-hydrogen) atoms. The Balaban J connectivity index is 1.66. The normalized spacial score (nSPS) is 13.1. The molecule has 0 radical (unpaired) electrons. The molecule has 4 aromatic rings. The molecule has 0 spiro atoms. The number of hydrogen-bond acceptors (Lipinski definition) is 4. The summed E-state index contributed by atoms with van der Waals surface area (Å²) < 4.78 is 0. The van der Waals surface area contributed by atoms with Gasteiger partial charge in [0.25, 0.3) is 5.91 Å². The van der Waals surface area contributed by atoms with Crippen LogP contribution in [0.1, 0.15) is 15.9 Å². The fraction of sp³-hybridized carbons (Fsp3) is 0.0870. The first kappa shape index (κ1) is 17.0. The summed E-state index contributed by atoms with van der Waals surface area (Å²) in [7, 11) is 0. The third-order valence-corrected chi connectivity index (χ3v) is 5.42. The van der Waals surface area contributed by atoms with Crippen LogP contribution in [0, 0.1) is 11.3 Å². The maximum Gasteiger partial charge on any atom is 0.256 e. The van der Waals surface area contributed by atoms with Gasteiger partial charge in [0, 0.05) is 40.3 Å². The van der Waals surface area contributed by atoms with Gasteiger partial charge < -0.3 is 15.6 Å². The second-order valence-corrected chi connectivity index (χ2v) is 7.22. The average molecular weight is 379 g/mol. The van der Waals surface area contributed by atoms with Gasteiger partial charge in [-0.2, -0.15) is 5.26 Å². The van der Waals surface area contributed by atoms with E-state index in [9.17, 15) is 4.79 Å². The maximum absolute atomic E-state index is 12.9. The molecule has 2 aromatic heterocycles. The molecule has 0 atom stereocenters. The molecule has 1 aliphatic heterocycles. The highest BCUT2D eigenvalue weighted by Gasteiger charge is 2.32. The van der Waals surface area contributed by atoms with Gasteiger partial charge >= 0.3 is 0 Å². The molecule has 1 aliphatic rings. The van der Waals surface area contributed by atoms with Crippen molar-refractivity contribution in [3.8, 4) is 17.2 Å². The fourth-order valence-electron chi connectivity index (χ4n) is 4.06. The standard InChI is InChI=1S/C23H17N5O/c1-13(10-24)11-28-12-18-15(5-6-19(25)21(18)23(28)29)14-4-7-20-17(9-14)16-3-2-8-26-22(16)27-20/h2-9H,1,11-12,25H2,(H,26,27). The van der Waals surface area contributed by atoms with E-state index in [1.165, 1.54) is 0 Å². The lowest BCUT2D eigenvalue weighted by Crippen LogP contribution is -2.26. The van der Waals surface area contributed by atoms with Gasteiger partial charge in [0.1, 0.15) is 5.65 Å². The summed E-state index contributed by atoms with van der Waals surface area (Å²) in [6.07, 6.45) is 1.76. The van der Waals surface area contributed by atoms with Crippen molar-refractivity contribution in [2.24, 2.45) is 0 Å². The number of H-pyrrole nitrogens is 1. The van der Waals surface area contributed by atoms with Crippen LogP contribution in [0.15, 0.2) is 60.8 Å². The Morgan fingerprint density at radius 1 is 1.28 bits per heavy atom. The molecule has 0 bridgehead atoms. The molecule has 0 unspecified atom stereocenters. The molecule has 3 heterocycles. The minimum absolute atomic E-state index is 0.159. The van der Waals surface area contributed by atoms with Crippen LogP contribution in [-0.4, -0.2) is 27.3 Å². The van der Waals surface area contributed by atoms with E-state index in [2.05, 4.69) is 22.6 Å². The summed E-state index contributed by atoms with van der Waals surface area (Å²) in [5.41, 5.74) is 12.2. The SMILES string of the molecule is C=C(C#N)CN1Cc2c(-c3ccc4[nH]c5ncccc5c4c3)ccc(N)c2C1=O. The maximum atomic E-state index is 12.9. The highest BCUT2D eigenvalue weighted by molar-refractivity contribution is 6.08. The van der Waals surface area contributed by atoms with Gasteiger partial charge in [-0.3, -0.25) is 4.79 Å². The highest BCUT2D eigenvalue weighted by atomic mass is 16.2. The van der Waals surface area contributed by atoms with E-state index in [0.717, 1.165) is 38.6 Å². The Morgan fingerprint density at radius 2 is 2.14 bits per heavy atom. The van der Waals surface area contributed by atoms with Gasteiger partial charge in [-0.1, -0.05) is 18.7 Å². The summed E-state index contributed by atoms with van der Waals surface area (Å²) in [5.74, 6) is -0.159. The first-order valence-electron chi connectivity index (χ1n) is 9.22. The number of hydrogen-bond donors (Lipinski definition) is 2. The number of amides is 1. The summed E-state index contributed by atoms with van der Waals surface area (Å²) in [6.45, 7) is 4.31. The first-order valence-corrected chi connectivity index (χ1v) is 9.22. The summed E-state index contributed by atoms with van der Waals surface area (Å²) in [5, 5.41) is 11.2. The number of anilines is 1. The van der Waals surface area contributed by atoms with Crippen LogP contribution >= 0.6 is 0 Å². The predicted octanol–water partition coefficient (Wildman–Crippen LogP) is 4.00. The van der Waals surface area contributed by atoms with Gasteiger partial charge in [0.15, 0.2) is 0 Å². The Hall–Kier alpha value is -4.11. The van der Waals surface area contributed by atoms with Crippen molar-refractivity contribution < 1.29 is 4.79 Å². The number of aromatic amines is 1. The Labute approximate surface area is 166 Å². The topological polar surface area (TPSA) is 98.8 Å². The van der Waals surface area contributed by atoms with Gasteiger partial charge in [-0.15, -0.1) is 0 Å². The molecule has 0 saturated heterocycles. The third-order valence-electron chi connectivity index (χ3n) is 5.42. The number of fused-ring (bicyclic) bond motifs is 4. The molecule has 0 fully saturated rings. The molecule has 1 amide bonds. The summed E-state index contributed by atoms with van der Waals surface area (Å²) in [4.78, 5) is 22.2. The second kappa shape index (κ2) is 6.21. The van der Waals surface area contributed by atoms with Crippen molar-refractivity contribution in [2.45, 2.75) is 6.54 Å². The van der Waals surface area contributed by atoms with Crippen LogP contribution in [0.4, 0.5) is 5.69 Å². The second-order valence-electron chi connectivity index (χ2n) is 7.22. The van der Waals surface area contributed by atoms with E-state index >= 15 is 0 Å². The lowest BCUT2D eigenvalue weighted by molar-refractivity contribution is 0.0794. The van der Waals surface area contributed by atoms with Gasteiger partial charge in [0.2, 0.25) is 0 Å². The number of rotatable bonds is 3. The van der Waals surface area contributed by atoms with Crippen LogP contribution in [0.25, 0.3) is 33.1 Å². The van der Waals surface area contributed by atoms with Crippen molar-refractivity contribution in [2.75, 3.05) is 12.3 Å². The van der Waals surface area contributed by atoms with Crippen LogP contribution in [-0.2, 0) is 6.54 Å². The highest BCUT2D eigenvalue weighted by Crippen LogP contribution is 2.38. The Morgan fingerprint density at radius 3 is 2.97 bits per heavy atom. The molecule has 5 rings (SSSR count). The molecule has 6 nitrogen and oxygen atoms in total. The quantitative estimate of drug-likeness (QED) is 0.415. The van der Waals surface area contributed by atoms with E-state index in [0.29, 0.717) is 23.4 Å². The van der Waals surface area contributed by atoms with Crippen molar-refractivity contribution in [1.82, 2.24) is 14.9 Å². The van der Waals surface area contributed by atoms with E-state index in [1.54, 1.807) is 17.2 Å². The van der Waals surface area contributed by atoms with Crippen LogP contribution in [0.5, 0.6) is 0 Å². The van der Waals surface area contributed by atoms with Crippen LogP contribution in [0.2, 0.25) is 0 Å². The molecular weight excluding hydrogens is 362 g/mol. The number of pyridine rings is 1. The van der Waals surface area contributed by atoms with Crippen LogP contribution < -0.4 is 5.73 Å². The Kier molecular flexibility index (Phi) is 3.65. The Bertz CT molecular complexity index is 1380. The number of carbonyl (C=O) groups is 1. The third kappa shape index (κ3) is 2.56. The van der Waals surface area contributed by atoms with E-state index in [4.69, 9.17) is 11.0 Å². The fourth-order valence-corrected chi connectivity index (χ4v) is 4.06. The number of nitrogens with two attached hydrogens (primary N) is 1. The van der Waals surface area contributed by atoms with E-state index < -0.39 is 0 Å². The smallest absolute Gasteiger partial charge is 0.256 e. The number of nitrogens with zero attached hydrogens (tertiary/aromatic N) is 3. The van der Waals surface area contributed by atoms with E-state index in [-0.39, 0.29) is 12.5 Å². The number of nitrogens with one attached hydrogen (secondary N) is 1. The van der Waals surface area contributed by atoms with Crippen molar-refractivity contribution in [3.05, 3.63) is 71.9 Å². The molecule has 0 saturated carbocycles. The van der Waals surface area contributed by atoms with E-state index in [1.807, 2.05) is 36.4 Å². The van der Waals surface area contributed by atoms with Crippen LogP contribution in [0.3, 0.4) is 0 Å². The van der Waals surface area contributed by atoms with Gasteiger partial charge in [-0.25, -0.2) is 4.98 Å². The number of benzene rings is 2. The molecule has 0 aliphatic carbocycles. The number of carbonyl (C=O) groups excluding carboxylic acids is 1. The van der Waals surface area contributed by atoms with Crippen molar-refractivity contribution in [1.29, 1.82) is 5.26 Å².